The normalized spacial score (nSPS) is 19.6. The number of nitrogens with zero attached hydrogens (tertiary/aromatic N) is 2. The molecule has 1 aromatic heterocycles. The summed E-state index contributed by atoms with van der Waals surface area (Å²) in [5.41, 5.74) is 0.172. The van der Waals surface area contributed by atoms with Gasteiger partial charge < -0.3 is 14.7 Å². The number of halogens is 1. The molecule has 2 heterocycles. The Hall–Kier alpha value is -1.33. The van der Waals surface area contributed by atoms with Crippen molar-refractivity contribution in [2.24, 2.45) is 0 Å². The third kappa shape index (κ3) is 2.50. The molecule has 1 aliphatic rings. The van der Waals surface area contributed by atoms with Gasteiger partial charge in [0.2, 0.25) is 0 Å². The number of anilines is 1. The smallest absolute Gasteiger partial charge is 0.339 e. The van der Waals surface area contributed by atoms with Crippen LogP contribution in [0.3, 0.4) is 0 Å². The summed E-state index contributed by atoms with van der Waals surface area (Å²) in [6.07, 6.45) is 0.987. The van der Waals surface area contributed by atoms with E-state index in [0.29, 0.717) is 17.5 Å². The molecule has 1 unspecified atom stereocenters. The second-order valence-corrected chi connectivity index (χ2v) is 4.29. The molecule has 92 valence electrons. The van der Waals surface area contributed by atoms with Crippen molar-refractivity contribution in [3.05, 3.63) is 22.8 Å². The Morgan fingerprint density at radius 1 is 1.65 bits per heavy atom. The van der Waals surface area contributed by atoms with Gasteiger partial charge in [0.25, 0.3) is 0 Å². The second kappa shape index (κ2) is 4.89. The van der Waals surface area contributed by atoms with Gasteiger partial charge in [-0.3, -0.25) is 0 Å². The van der Waals surface area contributed by atoms with E-state index in [1.165, 1.54) is 12.1 Å². The van der Waals surface area contributed by atoms with Gasteiger partial charge in [0.15, 0.2) is 0 Å². The highest BCUT2D eigenvalue weighted by Crippen LogP contribution is 2.25. The summed E-state index contributed by atoms with van der Waals surface area (Å²) in [6, 6.07) is 2.96. The van der Waals surface area contributed by atoms with E-state index in [0.717, 1.165) is 13.0 Å². The van der Waals surface area contributed by atoms with E-state index >= 15 is 0 Å². The van der Waals surface area contributed by atoms with Gasteiger partial charge in [0, 0.05) is 20.2 Å². The molecule has 1 saturated heterocycles. The van der Waals surface area contributed by atoms with Crippen molar-refractivity contribution in [1.82, 2.24) is 4.98 Å². The highest BCUT2D eigenvalue weighted by molar-refractivity contribution is 6.29. The molecule has 6 heteroatoms. The van der Waals surface area contributed by atoms with Gasteiger partial charge in [0.05, 0.1) is 6.10 Å². The summed E-state index contributed by atoms with van der Waals surface area (Å²) in [4.78, 5) is 17.1. The fraction of sp³-hybridized carbons (Fsp3) is 0.455. The zero-order valence-corrected chi connectivity index (χ0v) is 10.1. The fourth-order valence-electron chi connectivity index (χ4n) is 1.95. The van der Waals surface area contributed by atoms with Crippen LogP contribution in [0.2, 0.25) is 5.15 Å². The quantitative estimate of drug-likeness (QED) is 0.834. The van der Waals surface area contributed by atoms with Crippen LogP contribution in [0.25, 0.3) is 0 Å². The Morgan fingerprint density at radius 2 is 2.41 bits per heavy atom. The summed E-state index contributed by atoms with van der Waals surface area (Å²) in [5, 5.41) is 9.40. The topological polar surface area (TPSA) is 62.7 Å². The molecule has 5 nitrogen and oxygen atoms in total. The van der Waals surface area contributed by atoms with Gasteiger partial charge in [-0.1, -0.05) is 11.6 Å². The Bertz CT molecular complexity index is 439. The molecule has 2 rings (SSSR count). The third-order valence-electron chi connectivity index (χ3n) is 2.85. The van der Waals surface area contributed by atoms with Crippen molar-refractivity contribution in [3.8, 4) is 0 Å². The maximum Gasteiger partial charge on any atom is 0.339 e. The molecule has 1 aliphatic heterocycles. The maximum atomic E-state index is 11.1. The average Bonchev–Trinajstić information content (AvgIpc) is 2.76. The van der Waals surface area contributed by atoms with Crippen LogP contribution in [0.4, 0.5) is 5.82 Å². The number of methoxy groups -OCH3 is 1. The van der Waals surface area contributed by atoms with Gasteiger partial charge in [-0.25, -0.2) is 9.78 Å². The van der Waals surface area contributed by atoms with Crippen LogP contribution in [0.1, 0.15) is 16.8 Å². The van der Waals surface area contributed by atoms with Crippen molar-refractivity contribution < 1.29 is 14.6 Å². The standard InChI is InChI=1S/C11H13ClN2O3/c1-17-7-4-5-14(6-7)10-8(11(15)16)2-3-9(12)13-10/h2-3,7H,4-6H2,1H3,(H,15,16). The van der Waals surface area contributed by atoms with Crippen LogP contribution in [-0.2, 0) is 4.74 Å². The number of carboxylic acids is 1. The van der Waals surface area contributed by atoms with E-state index in [1.807, 2.05) is 4.90 Å². The van der Waals surface area contributed by atoms with Gasteiger partial charge >= 0.3 is 5.97 Å². The van der Waals surface area contributed by atoms with Gasteiger partial charge in [-0.05, 0) is 18.6 Å². The molecule has 1 fully saturated rings. The lowest BCUT2D eigenvalue weighted by Crippen LogP contribution is -2.25. The Kier molecular flexibility index (Phi) is 3.49. The molecule has 1 aromatic rings. The maximum absolute atomic E-state index is 11.1. The molecular formula is C11H13ClN2O3. The first-order valence-corrected chi connectivity index (χ1v) is 5.67. The molecule has 0 radical (unpaired) electrons. The van der Waals surface area contributed by atoms with Crippen LogP contribution in [-0.4, -0.2) is 42.4 Å². The van der Waals surface area contributed by atoms with Crippen LogP contribution < -0.4 is 4.90 Å². The molecular weight excluding hydrogens is 244 g/mol. The molecule has 17 heavy (non-hydrogen) atoms. The number of aromatic carboxylic acids is 1. The third-order valence-corrected chi connectivity index (χ3v) is 3.06. The van der Waals surface area contributed by atoms with Crippen LogP contribution >= 0.6 is 11.6 Å². The van der Waals surface area contributed by atoms with E-state index in [1.54, 1.807) is 7.11 Å². The number of carbonyl (C=O) groups is 1. The number of aromatic nitrogens is 1. The minimum absolute atomic E-state index is 0.123. The number of hydrogen-bond donors (Lipinski definition) is 1. The van der Waals surface area contributed by atoms with Crippen LogP contribution in [0, 0.1) is 0 Å². The number of carboxylic acid groups (broad SMARTS) is 1. The lowest BCUT2D eigenvalue weighted by atomic mass is 10.2. The van der Waals surface area contributed by atoms with E-state index in [2.05, 4.69) is 4.98 Å². The monoisotopic (exact) mass is 256 g/mol. The van der Waals surface area contributed by atoms with Crippen molar-refractivity contribution in [2.45, 2.75) is 12.5 Å². The summed E-state index contributed by atoms with van der Waals surface area (Å²) in [5.74, 6) is -0.574. The summed E-state index contributed by atoms with van der Waals surface area (Å²) in [6.45, 7) is 1.37. The molecule has 0 saturated carbocycles. The first kappa shape index (κ1) is 12.1. The number of ether oxygens (including phenoxy) is 1. The molecule has 1 N–H and O–H groups in total. The van der Waals surface area contributed by atoms with Crippen molar-refractivity contribution in [3.63, 3.8) is 0 Å². The number of hydrogen-bond acceptors (Lipinski definition) is 4. The molecule has 0 aliphatic carbocycles. The van der Waals surface area contributed by atoms with Crippen LogP contribution in [0.5, 0.6) is 0 Å². The second-order valence-electron chi connectivity index (χ2n) is 3.90. The highest BCUT2D eigenvalue weighted by Gasteiger charge is 2.26. The Labute approximate surface area is 104 Å². The lowest BCUT2D eigenvalue weighted by Gasteiger charge is -2.19. The van der Waals surface area contributed by atoms with E-state index in [9.17, 15) is 4.79 Å². The molecule has 1 atom stereocenters. The SMILES string of the molecule is COC1CCN(c2nc(Cl)ccc2C(=O)O)C1. The van der Waals surface area contributed by atoms with Crippen LogP contribution in [0.15, 0.2) is 12.1 Å². The molecule has 0 amide bonds. The van der Waals surface area contributed by atoms with Gasteiger partial charge in [-0.15, -0.1) is 0 Å². The first-order chi connectivity index (χ1) is 8.11. The largest absolute Gasteiger partial charge is 0.478 e. The van der Waals surface area contributed by atoms with E-state index in [4.69, 9.17) is 21.4 Å². The van der Waals surface area contributed by atoms with Crippen molar-refractivity contribution >= 4 is 23.4 Å². The van der Waals surface area contributed by atoms with E-state index < -0.39 is 5.97 Å². The minimum atomic E-state index is -0.995. The molecule has 0 spiro atoms. The minimum Gasteiger partial charge on any atom is -0.478 e. The number of rotatable bonds is 3. The summed E-state index contributed by atoms with van der Waals surface area (Å²) in [7, 11) is 1.65. The zero-order valence-electron chi connectivity index (χ0n) is 9.39. The molecule has 0 bridgehead atoms. The lowest BCUT2D eigenvalue weighted by molar-refractivity contribution is 0.0697. The predicted molar refractivity (Wildman–Crippen MR) is 63.8 cm³/mol. The predicted octanol–water partition coefficient (Wildman–Crippen LogP) is 1.66. The Morgan fingerprint density at radius 3 is 3.00 bits per heavy atom. The average molecular weight is 257 g/mol. The van der Waals surface area contributed by atoms with E-state index in [-0.39, 0.29) is 11.7 Å². The Balaban J connectivity index is 2.31. The van der Waals surface area contributed by atoms with Gasteiger partial charge in [-0.2, -0.15) is 0 Å². The zero-order chi connectivity index (χ0) is 12.4. The van der Waals surface area contributed by atoms with Gasteiger partial charge in [0.1, 0.15) is 16.5 Å². The molecule has 0 aromatic carbocycles. The summed E-state index contributed by atoms with van der Waals surface area (Å²) >= 11 is 5.81. The first-order valence-electron chi connectivity index (χ1n) is 5.29. The highest BCUT2D eigenvalue weighted by atomic mass is 35.5. The summed E-state index contributed by atoms with van der Waals surface area (Å²) < 4.78 is 5.24. The van der Waals surface area contributed by atoms with Crippen molar-refractivity contribution in [2.75, 3.05) is 25.1 Å². The fourth-order valence-corrected chi connectivity index (χ4v) is 2.09. The number of pyridine rings is 1. The van der Waals surface area contributed by atoms with Crippen molar-refractivity contribution in [1.29, 1.82) is 0 Å².